The van der Waals surface area contributed by atoms with Gasteiger partial charge in [-0.2, -0.15) is 12.6 Å². The number of Topliss-reactive ketones (excluding diaryl/α,β-unsaturated/α-hetero) is 1. The normalized spacial score (nSPS) is 13.1. The molecule has 0 unspecified atom stereocenters. The van der Waals surface area contributed by atoms with Gasteiger partial charge in [-0.3, -0.25) is 4.79 Å². The number of benzene rings is 5. The molecule has 0 spiro atoms. The minimum absolute atomic E-state index is 0.0784. The van der Waals surface area contributed by atoms with Crippen molar-refractivity contribution in [3.8, 4) is 11.1 Å². The molecule has 1 atom stereocenters. The van der Waals surface area contributed by atoms with Gasteiger partial charge in [0.15, 0.2) is 5.78 Å². The van der Waals surface area contributed by atoms with Gasteiger partial charge in [0.05, 0.1) is 0 Å². The van der Waals surface area contributed by atoms with Crippen LogP contribution in [0.3, 0.4) is 0 Å². The number of ether oxygens (including phenoxy) is 1. The first kappa shape index (κ1) is 27.6. The van der Waals surface area contributed by atoms with Crippen molar-refractivity contribution < 1.29 is 14.3 Å². The Morgan fingerprint density at radius 1 is 0.643 bits per heavy atom. The molecule has 1 aliphatic carbocycles. The van der Waals surface area contributed by atoms with E-state index in [0.717, 1.165) is 38.9 Å². The van der Waals surface area contributed by atoms with Crippen LogP contribution in [0.15, 0.2) is 140 Å². The van der Waals surface area contributed by atoms with Crippen LogP contribution in [0.4, 0.5) is 4.79 Å². The highest BCUT2D eigenvalue weighted by atomic mass is 32.1. The van der Waals surface area contributed by atoms with Gasteiger partial charge in [0.25, 0.3) is 0 Å². The summed E-state index contributed by atoms with van der Waals surface area (Å²) in [5.74, 6) is -0.156. The van der Waals surface area contributed by atoms with Crippen molar-refractivity contribution in [1.29, 1.82) is 0 Å². The lowest BCUT2D eigenvalue weighted by molar-refractivity contribution is -0.123. The minimum atomic E-state index is -1.17. The standard InChI is InChI=1S/C37H31NO3S/c39-35(37(26-14-4-1-5-15-26,27-16-6-2-7-17-27)28-18-8-3-9-19-28)34(25-42)38-36(40)41-24-33-31-22-12-10-20-29(31)30-21-11-13-23-32(30)33/h1-23,33-34,42H,24-25H2,(H,38,40)/t34-/m0/s1. The molecule has 0 saturated heterocycles. The van der Waals surface area contributed by atoms with Gasteiger partial charge in [-0.25, -0.2) is 4.79 Å². The molecule has 0 fully saturated rings. The van der Waals surface area contributed by atoms with Crippen molar-refractivity contribution in [2.75, 3.05) is 12.4 Å². The Kier molecular flexibility index (Phi) is 7.93. The number of hydrogen-bond acceptors (Lipinski definition) is 4. The Balaban J connectivity index is 1.31. The molecule has 5 heteroatoms. The predicted octanol–water partition coefficient (Wildman–Crippen LogP) is 7.43. The maximum Gasteiger partial charge on any atom is 0.407 e. The smallest absolute Gasteiger partial charge is 0.407 e. The van der Waals surface area contributed by atoms with Crippen molar-refractivity contribution in [3.63, 3.8) is 0 Å². The van der Waals surface area contributed by atoms with Gasteiger partial charge in [-0.15, -0.1) is 0 Å². The highest BCUT2D eigenvalue weighted by molar-refractivity contribution is 7.80. The summed E-state index contributed by atoms with van der Waals surface area (Å²) in [6, 6.07) is 44.6. The predicted molar refractivity (Wildman–Crippen MR) is 170 cm³/mol. The number of carbonyl (C=O) groups excluding carboxylic acids is 2. The highest BCUT2D eigenvalue weighted by Gasteiger charge is 2.46. The van der Waals surface area contributed by atoms with Gasteiger partial charge >= 0.3 is 6.09 Å². The Morgan fingerprint density at radius 2 is 1.05 bits per heavy atom. The lowest BCUT2D eigenvalue weighted by Crippen LogP contribution is -2.52. The molecule has 5 aromatic carbocycles. The molecule has 0 aromatic heterocycles. The molecule has 0 saturated carbocycles. The van der Waals surface area contributed by atoms with Crippen molar-refractivity contribution in [2.24, 2.45) is 0 Å². The van der Waals surface area contributed by atoms with Crippen LogP contribution in [-0.4, -0.2) is 30.3 Å². The van der Waals surface area contributed by atoms with E-state index < -0.39 is 17.6 Å². The van der Waals surface area contributed by atoms with Crippen LogP contribution in [0, 0.1) is 0 Å². The average Bonchev–Trinajstić information content (AvgIpc) is 3.38. The van der Waals surface area contributed by atoms with Gasteiger partial charge in [0.2, 0.25) is 0 Å². The van der Waals surface area contributed by atoms with Gasteiger partial charge in [0.1, 0.15) is 18.1 Å². The van der Waals surface area contributed by atoms with Crippen LogP contribution in [0.25, 0.3) is 11.1 Å². The van der Waals surface area contributed by atoms with Crippen LogP contribution >= 0.6 is 12.6 Å². The molecular formula is C37H31NO3S. The maximum atomic E-state index is 14.8. The van der Waals surface area contributed by atoms with Crippen molar-refractivity contribution >= 4 is 24.5 Å². The van der Waals surface area contributed by atoms with E-state index in [1.807, 2.05) is 115 Å². The Morgan fingerprint density at radius 3 is 1.48 bits per heavy atom. The number of nitrogens with one attached hydrogen (secondary N) is 1. The number of alkyl carbamates (subject to hydrolysis) is 1. The number of rotatable bonds is 9. The zero-order chi connectivity index (χ0) is 28.9. The second-order valence-corrected chi connectivity index (χ2v) is 10.8. The van der Waals surface area contributed by atoms with E-state index in [1.54, 1.807) is 0 Å². The summed E-state index contributed by atoms with van der Waals surface area (Å²) < 4.78 is 5.82. The van der Waals surface area contributed by atoms with Crippen molar-refractivity contribution in [1.82, 2.24) is 5.32 Å². The van der Waals surface area contributed by atoms with E-state index in [4.69, 9.17) is 4.74 Å². The molecule has 0 heterocycles. The third-order valence-electron chi connectivity index (χ3n) is 8.12. The monoisotopic (exact) mass is 569 g/mol. The summed E-state index contributed by atoms with van der Waals surface area (Å²) in [6.45, 7) is 0.161. The Hall–Kier alpha value is -4.61. The first-order valence-electron chi connectivity index (χ1n) is 14.1. The van der Waals surface area contributed by atoms with E-state index in [2.05, 4.69) is 42.2 Å². The SMILES string of the molecule is O=C(N[C@@H](CS)C(=O)C(c1ccccc1)(c1ccccc1)c1ccccc1)OCC1c2ccccc2-c2ccccc21. The van der Waals surface area contributed by atoms with Crippen molar-refractivity contribution in [3.05, 3.63) is 167 Å². The summed E-state index contributed by atoms with van der Waals surface area (Å²) >= 11 is 4.54. The summed E-state index contributed by atoms with van der Waals surface area (Å²) in [4.78, 5) is 28.1. The molecule has 6 rings (SSSR count). The zero-order valence-corrected chi connectivity index (χ0v) is 23.9. The van der Waals surface area contributed by atoms with E-state index in [9.17, 15) is 9.59 Å². The van der Waals surface area contributed by atoms with E-state index >= 15 is 0 Å². The fraction of sp³-hybridized carbons (Fsp3) is 0.135. The fourth-order valence-electron chi connectivity index (χ4n) is 6.23. The molecule has 1 N–H and O–H groups in total. The number of hydrogen-bond donors (Lipinski definition) is 2. The minimum Gasteiger partial charge on any atom is -0.449 e. The lowest BCUT2D eigenvalue weighted by Gasteiger charge is -2.37. The molecule has 0 aliphatic heterocycles. The number of fused-ring (bicyclic) bond motifs is 3. The molecule has 0 bridgehead atoms. The average molecular weight is 570 g/mol. The third kappa shape index (κ3) is 4.90. The maximum absolute atomic E-state index is 14.8. The second-order valence-electron chi connectivity index (χ2n) is 10.4. The molecule has 5 aromatic rings. The molecule has 208 valence electrons. The number of carbonyl (C=O) groups is 2. The Labute approximate surface area is 251 Å². The molecule has 1 amide bonds. The third-order valence-corrected chi connectivity index (χ3v) is 8.49. The zero-order valence-electron chi connectivity index (χ0n) is 23.0. The van der Waals surface area contributed by atoms with E-state index in [1.165, 1.54) is 0 Å². The summed E-state index contributed by atoms with van der Waals surface area (Å²) in [5.41, 5.74) is 5.84. The molecule has 4 nitrogen and oxygen atoms in total. The molecule has 42 heavy (non-hydrogen) atoms. The summed E-state index contributed by atoms with van der Waals surface area (Å²) in [5, 5.41) is 2.87. The van der Waals surface area contributed by atoms with E-state index in [0.29, 0.717) is 0 Å². The quantitative estimate of drug-likeness (QED) is 0.143. The second kappa shape index (κ2) is 12.1. The molecular weight excluding hydrogens is 538 g/mol. The lowest BCUT2D eigenvalue weighted by atomic mass is 9.65. The summed E-state index contributed by atoms with van der Waals surface area (Å²) in [7, 11) is 0. The first-order chi connectivity index (χ1) is 20.6. The van der Waals surface area contributed by atoms with E-state index in [-0.39, 0.29) is 24.1 Å². The van der Waals surface area contributed by atoms with Gasteiger partial charge in [-0.05, 0) is 38.9 Å². The first-order valence-corrected chi connectivity index (χ1v) is 14.7. The number of ketones is 1. The van der Waals surface area contributed by atoms with Crippen LogP contribution < -0.4 is 5.32 Å². The topological polar surface area (TPSA) is 55.4 Å². The Bertz CT molecular complexity index is 1550. The summed E-state index contributed by atoms with van der Waals surface area (Å²) in [6.07, 6.45) is -0.646. The van der Waals surface area contributed by atoms with Gasteiger partial charge < -0.3 is 10.1 Å². The van der Waals surface area contributed by atoms with Crippen LogP contribution in [0.5, 0.6) is 0 Å². The van der Waals surface area contributed by atoms with Gasteiger partial charge in [0, 0.05) is 11.7 Å². The molecule has 0 radical (unpaired) electrons. The van der Waals surface area contributed by atoms with Crippen LogP contribution in [-0.2, 0) is 14.9 Å². The van der Waals surface area contributed by atoms with Crippen molar-refractivity contribution in [2.45, 2.75) is 17.4 Å². The largest absolute Gasteiger partial charge is 0.449 e. The number of amides is 1. The van der Waals surface area contributed by atoms with Crippen LogP contribution in [0.2, 0.25) is 0 Å². The fourth-order valence-corrected chi connectivity index (χ4v) is 6.49. The van der Waals surface area contributed by atoms with Crippen LogP contribution in [0.1, 0.15) is 33.7 Å². The molecule has 1 aliphatic rings. The number of thiol groups is 1. The highest BCUT2D eigenvalue weighted by Crippen LogP contribution is 2.45. The van der Waals surface area contributed by atoms with Gasteiger partial charge in [-0.1, -0.05) is 140 Å².